The first-order valence-corrected chi connectivity index (χ1v) is 11.3. The van der Waals surface area contributed by atoms with Gasteiger partial charge < -0.3 is 15.5 Å². The van der Waals surface area contributed by atoms with Gasteiger partial charge >= 0.3 is 0 Å². The van der Waals surface area contributed by atoms with Gasteiger partial charge in [0.1, 0.15) is 11.6 Å². The van der Waals surface area contributed by atoms with E-state index in [1.807, 2.05) is 24.3 Å². The Kier molecular flexibility index (Phi) is 5.06. The van der Waals surface area contributed by atoms with Crippen LogP contribution in [0.5, 0.6) is 5.75 Å². The summed E-state index contributed by atoms with van der Waals surface area (Å²) in [5.74, 6) is 0.395. The van der Waals surface area contributed by atoms with Crippen molar-refractivity contribution in [1.82, 2.24) is 4.98 Å². The molecule has 2 aliphatic carbocycles. The van der Waals surface area contributed by atoms with Crippen molar-refractivity contribution in [3.63, 3.8) is 0 Å². The van der Waals surface area contributed by atoms with Crippen LogP contribution in [0.15, 0.2) is 53.5 Å². The summed E-state index contributed by atoms with van der Waals surface area (Å²) < 4.78 is 19.8. The van der Waals surface area contributed by atoms with E-state index in [2.05, 4.69) is 4.98 Å². The fraction of sp³-hybridized carbons (Fsp3) is 0.400. The maximum atomic E-state index is 13.5. The molecule has 3 aromatic rings. The number of ether oxygens (including phenoxy) is 1. The molecule has 2 aliphatic rings. The van der Waals surface area contributed by atoms with Crippen LogP contribution >= 0.6 is 11.6 Å². The highest BCUT2D eigenvalue weighted by Gasteiger charge is 2.48. The van der Waals surface area contributed by atoms with E-state index in [0.29, 0.717) is 16.2 Å². The van der Waals surface area contributed by atoms with E-state index in [9.17, 15) is 9.18 Å². The zero-order chi connectivity index (χ0) is 21.6. The van der Waals surface area contributed by atoms with E-state index in [4.69, 9.17) is 22.1 Å². The van der Waals surface area contributed by atoms with Crippen molar-refractivity contribution >= 4 is 22.4 Å². The lowest BCUT2D eigenvalue weighted by atomic mass is 9.65. The highest BCUT2D eigenvalue weighted by Crippen LogP contribution is 2.51. The van der Waals surface area contributed by atoms with Gasteiger partial charge in [-0.1, -0.05) is 23.7 Å². The summed E-state index contributed by atoms with van der Waals surface area (Å²) in [5.41, 5.74) is 7.40. The van der Waals surface area contributed by atoms with Crippen LogP contribution in [0.1, 0.15) is 50.5 Å². The second-order valence-corrected chi connectivity index (χ2v) is 9.73. The molecule has 2 aromatic carbocycles. The molecular formula is C25H26ClFN2O2. The van der Waals surface area contributed by atoms with E-state index in [-0.39, 0.29) is 28.4 Å². The topological polar surface area (TPSA) is 68.1 Å². The molecule has 5 rings (SSSR count). The fourth-order valence-electron chi connectivity index (χ4n) is 5.10. The average molecular weight is 441 g/mol. The Morgan fingerprint density at radius 2 is 1.81 bits per heavy atom. The Morgan fingerprint density at radius 1 is 1.10 bits per heavy atom. The number of benzene rings is 2. The summed E-state index contributed by atoms with van der Waals surface area (Å²) in [6.07, 6.45) is 8.33. The minimum Gasteiger partial charge on any atom is -0.489 e. The summed E-state index contributed by atoms with van der Waals surface area (Å²) in [6.45, 7) is 0. The van der Waals surface area contributed by atoms with Gasteiger partial charge in [0.05, 0.1) is 11.1 Å². The van der Waals surface area contributed by atoms with E-state index >= 15 is 0 Å². The lowest BCUT2D eigenvalue weighted by molar-refractivity contribution is 0.108. The summed E-state index contributed by atoms with van der Waals surface area (Å²) in [4.78, 5) is 14.7. The van der Waals surface area contributed by atoms with E-state index in [1.54, 1.807) is 24.4 Å². The molecule has 3 N–H and O–H groups in total. The number of halogens is 2. The first kappa shape index (κ1) is 20.5. The minimum absolute atomic E-state index is 0.0402. The van der Waals surface area contributed by atoms with Crippen LogP contribution in [-0.2, 0) is 5.41 Å². The first-order valence-electron chi connectivity index (χ1n) is 10.9. The molecule has 0 saturated heterocycles. The number of aromatic amines is 1. The molecule has 1 aromatic heterocycles. The first-order chi connectivity index (χ1) is 14.9. The number of H-pyrrole nitrogens is 1. The van der Waals surface area contributed by atoms with Gasteiger partial charge in [0.15, 0.2) is 0 Å². The zero-order valence-electron chi connectivity index (χ0n) is 17.3. The fourth-order valence-corrected chi connectivity index (χ4v) is 5.31. The van der Waals surface area contributed by atoms with Crippen LogP contribution < -0.4 is 16.0 Å². The molecule has 162 valence electrons. The molecule has 0 spiro atoms. The Balaban J connectivity index is 1.36. The molecule has 2 fully saturated rings. The van der Waals surface area contributed by atoms with Crippen molar-refractivity contribution in [3.8, 4) is 5.75 Å². The van der Waals surface area contributed by atoms with Gasteiger partial charge in [0.25, 0.3) is 5.56 Å². The highest BCUT2D eigenvalue weighted by molar-refractivity contribution is 6.32. The SMILES string of the molecule is NC1(CC2(c3ccc(F)cc3)CCC(Oc3cc4cc[nH]c(=O)c4cc3Cl)CC2)CC1. The number of nitrogens with two attached hydrogens (primary N) is 1. The summed E-state index contributed by atoms with van der Waals surface area (Å²) in [6, 6.07) is 12.3. The third kappa shape index (κ3) is 4.09. The van der Waals surface area contributed by atoms with Crippen LogP contribution in [0.4, 0.5) is 4.39 Å². The molecule has 0 unspecified atom stereocenters. The van der Waals surface area contributed by atoms with Crippen molar-refractivity contribution in [2.45, 2.75) is 62.0 Å². The number of nitrogens with one attached hydrogen (secondary N) is 1. The van der Waals surface area contributed by atoms with Gasteiger partial charge in [-0.2, -0.15) is 0 Å². The zero-order valence-corrected chi connectivity index (χ0v) is 18.1. The van der Waals surface area contributed by atoms with Crippen LogP contribution in [-0.4, -0.2) is 16.6 Å². The third-order valence-corrected chi connectivity index (χ3v) is 7.34. The number of hydrogen-bond acceptors (Lipinski definition) is 3. The molecular weight excluding hydrogens is 415 g/mol. The van der Waals surface area contributed by atoms with Gasteiger partial charge in [-0.15, -0.1) is 0 Å². The molecule has 2 saturated carbocycles. The van der Waals surface area contributed by atoms with Gasteiger partial charge in [0.2, 0.25) is 0 Å². The van der Waals surface area contributed by atoms with Crippen LogP contribution in [0.2, 0.25) is 5.02 Å². The average Bonchev–Trinajstić information content (AvgIpc) is 3.48. The molecule has 31 heavy (non-hydrogen) atoms. The Bertz CT molecular complexity index is 1160. The number of hydrogen-bond donors (Lipinski definition) is 2. The van der Waals surface area contributed by atoms with Crippen LogP contribution in [0.25, 0.3) is 10.8 Å². The van der Waals surface area contributed by atoms with E-state index in [1.165, 1.54) is 5.56 Å². The number of rotatable bonds is 5. The summed E-state index contributed by atoms with van der Waals surface area (Å²) >= 11 is 6.43. The van der Waals surface area contributed by atoms with E-state index in [0.717, 1.165) is 50.3 Å². The maximum absolute atomic E-state index is 13.5. The van der Waals surface area contributed by atoms with Gasteiger partial charge in [-0.3, -0.25) is 4.79 Å². The minimum atomic E-state index is -0.213. The molecule has 0 atom stereocenters. The van der Waals surface area contributed by atoms with Crippen molar-refractivity contribution in [1.29, 1.82) is 0 Å². The van der Waals surface area contributed by atoms with Crippen molar-refractivity contribution < 1.29 is 9.13 Å². The summed E-state index contributed by atoms with van der Waals surface area (Å²) in [7, 11) is 0. The number of fused-ring (bicyclic) bond motifs is 1. The molecule has 0 amide bonds. The van der Waals surface area contributed by atoms with Crippen LogP contribution in [0.3, 0.4) is 0 Å². The van der Waals surface area contributed by atoms with Crippen molar-refractivity contribution in [3.05, 3.63) is 75.4 Å². The third-order valence-electron chi connectivity index (χ3n) is 7.05. The highest BCUT2D eigenvalue weighted by atomic mass is 35.5. The Labute approximate surface area is 185 Å². The molecule has 0 radical (unpaired) electrons. The molecule has 6 heteroatoms. The van der Waals surface area contributed by atoms with E-state index < -0.39 is 0 Å². The standard InChI is InChI=1S/C25H26ClFN2O2/c26-21-14-20-16(7-12-29-23(20)30)13-22(21)31-19-5-8-24(9-6-19,15-25(28)10-11-25)17-1-3-18(27)4-2-17/h1-4,7,12-14,19H,5-6,8-11,15,28H2,(H,29,30). The molecule has 0 bridgehead atoms. The number of pyridine rings is 1. The Hall–Kier alpha value is -2.37. The molecule has 4 nitrogen and oxygen atoms in total. The monoisotopic (exact) mass is 440 g/mol. The van der Waals surface area contributed by atoms with Crippen molar-refractivity contribution in [2.75, 3.05) is 0 Å². The molecule has 1 heterocycles. The summed E-state index contributed by atoms with van der Waals surface area (Å²) in [5, 5.41) is 1.80. The maximum Gasteiger partial charge on any atom is 0.255 e. The molecule has 0 aliphatic heterocycles. The van der Waals surface area contributed by atoms with Crippen molar-refractivity contribution in [2.24, 2.45) is 5.73 Å². The largest absolute Gasteiger partial charge is 0.489 e. The second-order valence-electron chi connectivity index (χ2n) is 9.32. The normalized spacial score (nSPS) is 24.8. The predicted octanol–water partition coefficient (Wildman–Crippen LogP) is 5.46. The lowest BCUT2D eigenvalue weighted by Gasteiger charge is -2.42. The van der Waals surface area contributed by atoms with Crippen LogP contribution in [0, 0.1) is 5.82 Å². The predicted molar refractivity (Wildman–Crippen MR) is 121 cm³/mol. The number of aromatic nitrogens is 1. The smallest absolute Gasteiger partial charge is 0.255 e. The quantitative estimate of drug-likeness (QED) is 0.553. The van der Waals surface area contributed by atoms with Gasteiger partial charge in [-0.05, 0) is 91.6 Å². The van der Waals surface area contributed by atoms with Gasteiger partial charge in [0, 0.05) is 17.1 Å². The lowest BCUT2D eigenvalue weighted by Crippen LogP contribution is -2.41. The van der Waals surface area contributed by atoms with Gasteiger partial charge in [-0.25, -0.2) is 4.39 Å². The second kappa shape index (κ2) is 7.64. The Morgan fingerprint density at radius 3 is 2.48 bits per heavy atom.